The molecule has 8 heteroatoms. The van der Waals surface area contributed by atoms with Gasteiger partial charge in [-0.15, -0.1) is 0 Å². The lowest BCUT2D eigenvalue weighted by Crippen LogP contribution is -2.39. The number of sulfonamides is 1. The maximum absolute atomic E-state index is 12.6. The Morgan fingerprint density at radius 2 is 1.81 bits per heavy atom. The summed E-state index contributed by atoms with van der Waals surface area (Å²) in [6, 6.07) is 18.4. The van der Waals surface area contributed by atoms with Crippen molar-refractivity contribution in [3.05, 3.63) is 66.2 Å². The molecule has 0 aliphatic carbocycles. The lowest BCUT2D eigenvalue weighted by molar-refractivity contribution is 0.0868. The van der Waals surface area contributed by atoms with Gasteiger partial charge in [0.2, 0.25) is 0 Å². The molecule has 2 heterocycles. The van der Waals surface area contributed by atoms with Crippen molar-refractivity contribution in [1.29, 1.82) is 0 Å². The second-order valence-electron chi connectivity index (χ2n) is 7.95. The van der Waals surface area contributed by atoms with E-state index in [-0.39, 0.29) is 23.1 Å². The quantitative estimate of drug-likeness (QED) is 0.554. The lowest BCUT2D eigenvalue weighted by atomic mass is 10.1. The number of ether oxygens (including phenoxy) is 2. The monoisotopic (exact) mass is 452 g/mol. The van der Waals surface area contributed by atoms with Gasteiger partial charge in [-0.05, 0) is 43.0 Å². The van der Waals surface area contributed by atoms with E-state index in [4.69, 9.17) is 9.47 Å². The second kappa shape index (κ2) is 8.44. The fourth-order valence-corrected chi connectivity index (χ4v) is 5.78. The van der Waals surface area contributed by atoms with Gasteiger partial charge in [0.25, 0.3) is 15.9 Å². The van der Waals surface area contributed by atoms with Gasteiger partial charge in [0.05, 0.1) is 5.56 Å². The Hall–Kier alpha value is -3.10. The van der Waals surface area contributed by atoms with Gasteiger partial charge in [0.1, 0.15) is 17.6 Å². The molecule has 0 radical (unpaired) electrons. The van der Waals surface area contributed by atoms with Crippen molar-refractivity contribution < 1.29 is 22.7 Å². The molecule has 2 aliphatic heterocycles. The minimum atomic E-state index is -3.72. The first kappa shape index (κ1) is 20.8. The number of hydrogen-bond donors (Lipinski definition) is 1. The van der Waals surface area contributed by atoms with E-state index in [1.165, 1.54) is 6.07 Å². The van der Waals surface area contributed by atoms with Gasteiger partial charge >= 0.3 is 0 Å². The molecule has 0 saturated carbocycles. The summed E-state index contributed by atoms with van der Waals surface area (Å²) in [5.74, 6) is 1.10. The summed E-state index contributed by atoms with van der Waals surface area (Å²) in [5.41, 5.74) is 0.258. The summed E-state index contributed by atoms with van der Waals surface area (Å²) in [6.07, 6.45) is 1.23. The molecule has 7 nitrogen and oxygen atoms in total. The summed E-state index contributed by atoms with van der Waals surface area (Å²) in [5, 5.41) is 5.50. The van der Waals surface area contributed by atoms with Gasteiger partial charge in [-0.3, -0.25) is 4.79 Å². The summed E-state index contributed by atoms with van der Waals surface area (Å²) >= 11 is 0. The molecule has 1 unspecified atom stereocenters. The lowest BCUT2D eigenvalue weighted by Gasteiger charge is -2.27. The highest BCUT2D eigenvalue weighted by atomic mass is 32.2. The molecule has 0 fully saturated rings. The Labute approximate surface area is 187 Å². The van der Waals surface area contributed by atoms with Gasteiger partial charge in [0, 0.05) is 18.5 Å². The van der Waals surface area contributed by atoms with Crippen LogP contribution >= 0.6 is 0 Å². The first-order valence-electron chi connectivity index (χ1n) is 10.7. The summed E-state index contributed by atoms with van der Waals surface area (Å²) in [6.45, 7) is 1.96. The number of rotatable bonds is 7. The van der Waals surface area contributed by atoms with Crippen LogP contribution in [0.3, 0.4) is 0 Å². The second-order valence-corrected chi connectivity index (χ2v) is 9.79. The first-order valence-corrected chi connectivity index (χ1v) is 12.2. The largest absolute Gasteiger partial charge is 0.485 e. The minimum Gasteiger partial charge on any atom is -0.485 e. The van der Waals surface area contributed by atoms with E-state index >= 15 is 0 Å². The zero-order valence-corrected chi connectivity index (χ0v) is 18.3. The van der Waals surface area contributed by atoms with E-state index < -0.39 is 15.9 Å². The third-order valence-electron chi connectivity index (χ3n) is 5.80. The molecular formula is C24H24N2O5S. The molecule has 1 amide bonds. The highest BCUT2D eigenvalue weighted by Gasteiger charge is 2.40. The van der Waals surface area contributed by atoms with Gasteiger partial charge < -0.3 is 14.8 Å². The van der Waals surface area contributed by atoms with Crippen LogP contribution in [0.4, 0.5) is 0 Å². The average Bonchev–Trinajstić information content (AvgIpc) is 3.01. The van der Waals surface area contributed by atoms with Crippen molar-refractivity contribution in [1.82, 2.24) is 9.62 Å². The molecule has 1 N–H and O–H groups in total. The van der Waals surface area contributed by atoms with E-state index in [2.05, 4.69) is 5.32 Å². The van der Waals surface area contributed by atoms with Crippen LogP contribution in [0, 0.1) is 0 Å². The summed E-state index contributed by atoms with van der Waals surface area (Å²) in [4.78, 5) is 12.5. The molecule has 0 saturated heterocycles. The molecule has 3 aromatic rings. The van der Waals surface area contributed by atoms with E-state index in [9.17, 15) is 13.2 Å². The van der Waals surface area contributed by atoms with Crippen LogP contribution < -0.4 is 14.8 Å². The Bertz CT molecular complexity index is 1270. The van der Waals surface area contributed by atoms with Crippen molar-refractivity contribution in [2.45, 2.75) is 23.8 Å². The average molecular weight is 453 g/mol. The molecule has 166 valence electrons. The van der Waals surface area contributed by atoms with E-state index in [0.717, 1.165) is 33.0 Å². The number of hydrogen-bond acceptors (Lipinski definition) is 6. The number of unbranched alkanes of at least 4 members (excludes halogenated alkanes) is 1. The topological polar surface area (TPSA) is 84.9 Å². The third-order valence-corrected chi connectivity index (χ3v) is 7.64. The highest BCUT2D eigenvalue weighted by Crippen LogP contribution is 2.38. The Balaban J connectivity index is 1.08. The molecule has 5 rings (SSSR count). The maximum atomic E-state index is 12.6. The molecule has 0 spiro atoms. The van der Waals surface area contributed by atoms with Gasteiger partial charge in [0.15, 0.2) is 11.5 Å². The molecule has 32 heavy (non-hydrogen) atoms. The van der Waals surface area contributed by atoms with Crippen LogP contribution in [-0.4, -0.2) is 51.0 Å². The number of benzene rings is 3. The number of amides is 1. The van der Waals surface area contributed by atoms with Crippen molar-refractivity contribution in [3.8, 4) is 11.5 Å². The fraction of sp³-hybridized carbons (Fsp3) is 0.292. The summed E-state index contributed by atoms with van der Waals surface area (Å²) < 4.78 is 38.2. The smallest absolute Gasteiger partial charge is 0.269 e. The van der Waals surface area contributed by atoms with Crippen LogP contribution in [0.1, 0.15) is 23.2 Å². The number of carbonyl (C=O) groups is 1. The van der Waals surface area contributed by atoms with Crippen molar-refractivity contribution in [2.75, 3.05) is 26.2 Å². The minimum absolute atomic E-state index is 0.0984. The van der Waals surface area contributed by atoms with Gasteiger partial charge in [-0.2, -0.15) is 0 Å². The Morgan fingerprint density at radius 3 is 2.69 bits per heavy atom. The Morgan fingerprint density at radius 1 is 1.00 bits per heavy atom. The highest BCUT2D eigenvalue weighted by molar-refractivity contribution is 7.90. The van der Waals surface area contributed by atoms with E-state index in [1.54, 1.807) is 18.2 Å². The van der Waals surface area contributed by atoms with E-state index in [1.807, 2.05) is 36.4 Å². The Kier molecular flexibility index (Phi) is 5.48. The number of carbonyl (C=O) groups excluding carboxylic acids is 1. The molecule has 0 bridgehead atoms. The predicted octanol–water partition coefficient (Wildman–Crippen LogP) is 3.19. The van der Waals surface area contributed by atoms with Crippen molar-refractivity contribution in [2.24, 2.45) is 0 Å². The molecular weight excluding hydrogens is 428 g/mol. The van der Waals surface area contributed by atoms with Crippen LogP contribution in [0.2, 0.25) is 0 Å². The first-order chi connectivity index (χ1) is 15.6. The van der Waals surface area contributed by atoms with Crippen molar-refractivity contribution >= 4 is 26.7 Å². The van der Waals surface area contributed by atoms with Crippen LogP contribution in [0.15, 0.2) is 65.6 Å². The summed E-state index contributed by atoms with van der Waals surface area (Å²) in [7, 11) is -3.72. The molecule has 0 aromatic heterocycles. The standard InChI is InChI=1S/C24H24N2O5S/c27-24-20-9-3-4-10-22(20)32(28,29)26(24)14-6-5-13-25-15-18-16-30-23-19-8-2-1-7-17(19)11-12-21(23)31-18/h1-4,7-12,18,25H,5-6,13-16H2. The molecule has 1 atom stereocenters. The fourth-order valence-electron chi connectivity index (χ4n) is 4.18. The zero-order valence-electron chi connectivity index (χ0n) is 17.5. The number of nitrogens with one attached hydrogen (secondary N) is 1. The van der Waals surface area contributed by atoms with Crippen molar-refractivity contribution in [3.63, 3.8) is 0 Å². The van der Waals surface area contributed by atoms with Crippen LogP contribution in [0.5, 0.6) is 11.5 Å². The van der Waals surface area contributed by atoms with Gasteiger partial charge in [-0.25, -0.2) is 12.7 Å². The number of nitrogens with zero attached hydrogens (tertiary/aromatic N) is 1. The normalized spacial score (nSPS) is 18.7. The predicted molar refractivity (Wildman–Crippen MR) is 121 cm³/mol. The SMILES string of the molecule is O=C1c2ccccc2S(=O)(=O)N1CCCCNCC1COc2c(ccc3ccccc23)O1. The number of fused-ring (bicyclic) bond motifs is 4. The molecule has 2 aliphatic rings. The van der Waals surface area contributed by atoms with E-state index in [0.29, 0.717) is 26.1 Å². The maximum Gasteiger partial charge on any atom is 0.269 e. The zero-order chi connectivity index (χ0) is 22.1. The van der Waals surface area contributed by atoms with Gasteiger partial charge in [-0.1, -0.05) is 42.5 Å². The third kappa shape index (κ3) is 3.69. The van der Waals surface area contributed by atoms with Crippen LogP contribution in [-0.2, 0) is 10.0 Å². The molecule has 3 aromatic carbocycles. The van der Waals surface area contributed by atoms with Crippen LogP contribution in [0.25, 0.3) is 10.8 Å².